The number of benzene rings is 1. The van der Waals surface area contributed by atoms with Crippen molar-refractivity contribution in [3.8, 4) is 11.5 Å². The molecule has 2 aliphatic heterocycles. The van der Waals surface area contributed by atoms with Crippen LogP contribution in [0.5, 0.6) is 11.5 Å². The van der Waals surface area contributed by atoms with Crippen molar-refractivity contribution in [1.82, 2.24) is 10.2 Å². The number of ether oxygens (including phenoxy) is 2. The van der Waals surface area contributed by atoms with Crippen molar-refractivity contribution in [2.45, 2.75) is 25.0 Å². The number of aliphatic hydroxyl groups is 1. The Balaban J connectivity index is 1.73. The van der Waals surface area contributed by atoms with E-state index in [1.807, 2.05) is 6.07 Å². The molecular weight excluding hydrogens is 284 g/mol. The molecular formula is C16H22N2O4. The number of hydrogen-bond donors (Lipinski definition) is 2. The maximum atomic E-state index is 10.9. The molecule has 6 nitrogen and oxygen atoms in total. The molecule has 1 saturated heterocycles. The van der Waals surface area contributed by atoms with Crippen molar-refractivity contribution in [2.24, 2.45) is 0 Å². The lowest BCUT2D eigenvalue weighted by molar-refractivity contribution is -0.111. The van der Waals surface area contributed by atoms with Gasteiger partial charge in [0.2, 0.25) is 6.41 Å². The molecule has 0 radical (unpaired) electrons. The van der Waals surface area contributed by atoms with Crippen LogP contribution in [0, 0.1) is 0 Å². The number of rotatable bonds is 6. The van der Waals surface area contributed by atoms with Gasteiger partial charge in [0.25, 0.3) is 0 Å². The Morgan fingerprint density at radius 3 is 2.68 bits per heavy atom. The molecule has 1 aromatic carbocycles. The first-order valence-corrected chi connectivity index (χ1v) is 7.77. The van der Waals surface area contributed by atoms with E-state index in [0.717, 1.165) is 18.7 Å². The summed E-state index contributed by atoms with van der Waals surface area (Å²) in [4.78, 5) is 13.1. The smallest absolute Gasteiger partial charge is 0.207 e. The normalized spacial score (nSPS) is 20.4. The zero-order valence-electron chi connectivity index (χ0n) is 12.5. The van der Waals surface area contributed by atoms with E-state index >= 15 is 0 Å². The molecule has 1 aromatic rings. The zero-order chi connectivity index (χ0) is 15.4. The molecule has 2 N–H and O–H groups in total. The summed E-state index contributed by atoms with van der Waals surface area (Å²) in [6.45, 7) is 3.74. The van der Waals surface area contributed by atoms with E-state index < -0.39 is 6.10 Å². The van der Waals surface area contributed by atoms with Gasteiger partial charge in [0, 0.05) is 6.54 Å². The lowest BCUT2D eigenvalue weighted by Gasteiger charge is -2.28. The second-order valence-electron chi connectivity index (χ2n) is 5.75. The van der Waals surface area contributed by atoms with Gasteiger partial charge in [-0.05, 0) is 43.6 Å². The van der Waals surface area contributed by atoms with E-state index in [1.54, 1.807) is 12.1 Å². The number of carbonyl (C=O) groups is 1. The van der Waals surface area contributed by atoms with Gasteiger partial charge in [-0.2, -0.15) is 0 Å². The van der Waals surface area contributed by atoms with Crippen LogP contribution in [-0.2, 0) is 4.79 Å². The minimum Gasteiger partial charge on any atom is -0.486 e. The molecule has 1 fully saturated rings. The number of nitrogens with one attached hydrogen (secondary N) is 1. The molecule has 2 heterocycles. The average molecular weight is 306 g/mol. The third-order valence-electron chi connectivity index (χ3n) is 4.22. The van der Waals surface area contributed by atoms with E-state index in [4.69, 9.17) is 9.47 Å². The summed E-state index contributed by atoms with van der Waals surface area (Å²) in [5.41, 5.74) is 0.725. The van der Waals surface area contributed by atoms with E-state index in [1.165, 1.54) is 12.8 Å². The van der Waals surface area contributed by atoms with Gasteiger partial charge in [0.1, 0.15) is 19.3 Å². The van der Waals surface area contributed by atoms with Crippen LogP contribution in [-0.4, -0.2) is 55.3 Å². The second kappa shape index (κ2) is 6.98. The van der Waals surface area contributed by atoms with Crippen molar-refractivity contribution < 1.29 is 19.4 Å². The van der Waals surface area contributed by atoms with E-state index in [9.17, 15) is 9.90 Å². The molecule has 0 saturated carbocycles. The monoisotopic (exact) mass is 306 g/mol. The lowest BCUT2D eigenvalue weighted by Crippen LogP contribution is -2.43. The van der Waals surface area contributed by atoms with Crippen molar-refractivity contribution in [3.63, 3.8) is 0 Å². The maximum Gasteiger partial charge on any atom is 0.207 e. The fourth-order valence-electron chi connectivity index (χ4n) is 3.05. The zero-order valence-corrected chi connectivity index (χ0v) is 12.5. The predicted molar refractivity (Wildman–Crippen MR) is 81.1 cm³/mol. The summed E-state index contributed by atoms with van der Waals surface area (Å²) < 4.78 is 11.0. The molecule has 0 unspecified atom stereocenters. The first-order chi connectivity index (χ1) is 10.8. The molecule has 0 aromatic heterocycles. The highest BCUT2D eigenvalue weighted by molar-refractivity contribution is 5.48. The minimum atomic E-state index is -0.776. The van der Waals surface area contributed by atoms with Gasteiger partial charge in [-0.1, -0.05) is 6.07 Å². The maximum absolute atomic E-state index is 10.9. The third kappa shape index (κ3) is 3.34. The van der Waals surface area contributed by atoms with Crippen LogP contribution in [0.25, 0.3) is 0 Å². The van der Waals surface area contributed by atoms with Gasteiger partial charge >= 0.3 is 0 Å². The highest BCUT2D eigenvalue weighted by atomic mass is 16.6. The third-order valence-corrected chi connectivity index (χ3v) is 4.22. The number of hydrogen-bond acceptors (Lipinski definition) is 5. The molecule has 2 aliphatic rings. The Morgan fingerprint density at radius 1 is 1.23 bits per heavy atom. The Labute approximate surface area is 130 Å². The number of amides is 1. The molecule has 0 bridgehead atoms. The van der Waals surface area contributed by atoms with Crippen LogP contribution < -0.4 is 14.8 Å². The standard InChI is InChI=1S/C16H22N2O4/c19-11-17-13(10-18-5-1-2-6-18)16(20)12-3-4-14-15(9-12)22-8-7-21-14/h3-4,9,11,13,16,20H,1-2,5-8,10H2,(H,17,19)/t13-,16-/m1/s1. The van der Waals surface area contributed by atoms with Crippen LogP contribution in [0.1, 0.15) is 24.5 Å². The summed E-state index contributed by atoms with van der Waals surface area (Å²) in [6.07, 6.45) is 2.23. The van der Waals surface area contributed by atoms with Crippen molar-refractivity contribution in [3.05, 3.63) is 23.8 Å². The Bertz CT molecular complexity index is 517. The predicted octanol–water partition coefficient (Wildman–Crippen LogP) is 0.702. The number of nitrogens with zero attached hydrogens (tertiary/aromatic N) is 1. The van der Waals surface area contributed by atoms with Crippen LogP contribution >= 0.6 is 0 Å². The van der Waals surface area contributed by atoms with Crippen LogP contribution in [0.15, 0.2) is 18.2 Å². The second-order valence-corrected chi connectivity index (χ2v) is 5.75. The SMILES string of the molecule is O=CN[C@H](CN1CCCC1)[C@H](O)c1ccc2c(c1)OCCO2. The molecule has 22 heavy (non-hydrogen) atoms. The number of aliphatic hydroxyl groups excluding tert-OH is 1. The summed E-state index contributed by atoms with van der Waals surface area (Å²) in [6, 6.07) is 5.09. The number of likely N-dealkylation sites (tertiary alicyclic amines) is 1. The topological polar surface area (TPSA) is 71.0 Å². The van der Waals surface area contributed by atoms with E-state index in [-0.39, 0.29) is 6.04 Å². The highest BCUT2D eigenvalue weighted by Gasteiger charge is 2.26. The van der Waals surface area contributed by atoms with Gasteiger partial charge in [0.05, 0.1) is 6.04 Å². The molecule has 6 heteroatoms. The fourth-order valence-corrected chi connectivity index (χ4v) is 3.05. The average Bonchev–Trinajstić information content (AvgIpc) is 3.06. The van der Waals surface area contributed by atoms with Crippen molar-refractivity contribution in [1.29, 1.82) is 0 Å². The minimum absolute atomic E-state index is 0.335. The molecule has 2 atom stereocenters. The summed E-state index contributed by atoms with van der Waals surface area (Å²) >= 11 is 0. The van der Waals surface area contributed by atoms with E-state index in [2.05, 4.69) is 10.2 Å². The first-order valence-electron chi connectivity index (χ1n) is 7.77. The van der Waals surface area contributed by atoms with Gasteiger partial charge in [-0.3, -0.25) is 4.79 Å². The van der Waals surface area contributed by atoms with Crippen LogP contribution in [0.4, 0.5) is 0 Å². The largest absolute Gasteiger partial charge is 0.486 e. The van der Waals surface area contributed by atoms with Gasteiger partial charge in [-0.25, -0.2) is 0 Å². The summed E-state index contributed by atoms with van der Waals surface area (Å²) in [5, 5.41) is 13.4. The first kappa shape index (κ1) is 15.1. The van der Waals surface area contributed by atoms with Crippen molar-refractivity contribution >= 4 is 6.41 Å². The van der Waals surface area contributed by atoms with Gasteiger partial charge in [0.15, 0.2) is 11.5 Å². The Kier molecular flexibility index (Phi) is 4.80. The molecule has 120 valence electrons. The van der Waals surface area contributed by atoms with E-state index in [0.29, 0.717) is 37.7 Å². The summed E-state index contributed by atoms with van der Waals surface area (Å²) in [5.74, 6) is 1.34. The number of carbonyl (C=O) groups excluding carboxylic acids is 1. The quantitative estimate of drug-likeness (QED) is 0.757. The molecule has 0 aliphatic carbocycles. The Morgan fingerprint density at radius 2 is 1.95 bits per heavy atom. The van der Waals surface area contributed by atoms with Crippen LogP contribution in [0.3, 0.4) is 0 Å². The summed E-state index contributed by atoms with van der Waals surface area (Å²) in [7, 11) is 0. The molecule has 0 spiro atoms. The van der Waals surface area contributed by atoms with Gasteiger partial charge in [-0.15, -0.1) is 0 Å². The van der Waals surface area contributed by atoms with Crippen LogP contribution in [0.2, 0.25) is 0 Å². The lowest BCUT2D eigenvalue weighted by atomic mass is 10.0. The van der Waals surface area contributed by atoms with Gasteiger partial charge < -0.3 is 24.8 Å². The molecule has 3 rings (SSSR count). The highest BCUT2D eigenvalue weighted by Crippen LogP contribution is 2.33. The number of fused-ring (bicyclic) bond motifs is 1. The molecule has 1 amide bonds. The Hall–Kier alpha value is -1.79. The fraction of sp³-hybridized carbons (Fsp3) is 0.562. The van der Waals surface area contributed by atoms with Crippen molar-refractivity contribution in [2.75, 3.05) is 32.8 Å².